The molecule has 0 spiro atoms. The molecular weight excluding hydrogens is 272 g/mol. The Bertz CT molecular complexity index is 483. The van der Waals surface area contributed by atoms with E-state index in [1.165, 1.54) is 6.42 Å². The van der Waals surface area contributed by atoms with Crippen molar-refractivity contribution < 1.29 is 4.79 Å². The first-order valence-electron chi connectivity index (χ1n) is 7.49. The summed E-state index contributed by atoms with van der Waals surface area (Å²) in [5, 5.41) is 0.828. The lowest BCUT2D eigenvalue weighted by Crippen LogP contribution is -2.51. The van der Waals surface area contributed by atoms with E-state index in [-0.39, 0.29) is 0 Å². The van der Waals surface area contributed by atoms with Crippen LogP contribution in [0.5, 0.6) is 0 Å². The lowest BCUT2D eigenvalue weighted by Gasteiger charge is -2.41. The molecule has 0 bridgehead atoms. The summed E-state index contributed by atoms with van der Waals surface area (Å²) in [5.74, 6) is 0.440. The number of piperazine rings is 1. The first-order chi connectivity index (χ1) is 9.74. The van der Waals surface area contributed by atoms with E-state index in [1.54, 1.807) is 0 Å². The highest BCUT2D eigenvalue weighted by Gasteiger charge is 2.28. The zero-order valence-electron chi connectivity index (χ0n) is 11.7. The number of halogens is 1. The normalized spacial score (nSPS) is 24.9. The maximum absolute atomic E-state index is 11.6. The van der Waals surface area contributed by atoms with E-state index in [0.717, 1.165) is 56.2 Å². The molecule has 4 heteroatoms. The van der Waals surface area contributed by atoms with Crippen LogP contribution in [-0.2, 0) is 4.79 Å². The second-order valence-electron chi connectivity index (χ2n) is 5.76. The molecule has 0 radical (unpaired) electrons. The molecule has 1 heterocycles. The molecule has 1 saturated heterocycles. The minimum Gasteiger partial charge on any atom is -0.368 e. The van der Waals surface area contributed by atoms with Crippen molar-refractivity contribution in [2.24, 2.45) is 0 Å². The molecule has 0 aromatic heterocycles. The number of nitrogens with zero attached hydrogens (tertiary/aromatic N) is 2. The second-order valence-corrected chi connectivity index (χ2v) is 6.17. The predicted octanol–water partition coefficient (Wildman–Crippen LogP) is 2.97. The topological polar surface area (TPSA) is 23.6 Å². The van der Waals surface area contributed by atoms with Gasteiger partial charge in [-0.15, -0.1) is 0 Å². The third kappa shape index (κ3) is 2.99. The summed E-state index contributed by atoms with van der Waals surface area (Å²) in [6.45, 7) is 4.05. The van der Waals surface area contributed by atoms with Crippen molar-refractivity contribution in [2.75, 3.05) is 31.1 Å². The van der Waals surface area contributed by atoms with E-state index in [9.17, 15) is 4.79 Å². The predicted molar refractivity (Wildman–Crippen MR) is 82.5 cm³/mol. The Hall–Kier alpha value is -1.06. The van der Waals surface area contributed by atoms with Gasteiger partial charge < -0.3 is 4.90 Å². The van der Waals surface area contributed by atoms with E-state index in [1.807, 2.05) is 18.2 Å². The summed E-state index contributed by atoms with van der Waals surface area (Å²) < 4.78 is 0. The molecule has 108 valence electrons. The molecule has 0 N–H and O–H groups in total. The summed E-state index contributed by atoms with van der Waals surface area (Å²) in [6.07, 6.45) is 3.79. The Kier molecular flexibility index (Phi) is 4.27. The van der Waals surface area contributed by atoms with Gasteiger partial charge in [0.05, 0.1) is 10.7 Å². The Morgan fingerprint density at radius 3 is 2.55 bits per heavy atom. The number of anilines is 1. The zero-order chi connectivity index (χ0) is 13.9. The fourth-order valence-corrected chi connectivity index (χ4v) is 3.60. The molecule has 20 heavy (non-hydrogen) atoms. The van der Waals surface area contributed by atoms with Gasteiger partial charge in [-0.1, -0.05) is 23.7 Å². The molecule has 0 amide bonds. The van der Waals surface area contributed by atoms with Crippen molar-refractivity contribution in [3.8, 4) is 0 Å². The molecule has 1 aliphatic carbocycles. The van der Waals surface area contributed by atoms with Gasteiger partial charge >= 0.3 is 0 Å². The van der Waals surface area contributed by atoms with Crippen molar-refractivity contribution in [2.45, 2.75) is 31.7 Å². The van der Waals surface area contributed by atoms with Crippen LogP contribution in [0.3, 0.4) is 0 Å². The van der Waals surface area contributed by atoms with Gasteiger partial charge in [-0.05, 0) is 25.0 Å². The highest BCUT2D eigenvalue weighted by atomic mass is 35.5. The minimum absolute atomic E-state index is 0.440. The van der Waals surface area contributed by atoms with Crippen molar-refractivity contribution >= 4 is 23.1 Å². The first-order valence-corrected chi connectivity index (χ1v) is 7.87. The summed E-state index contributed by atoms with van der Waals surface area (Å²) in [5.41, 5.74) is 1.13. The Balaban J connectivity index is 1.59. The van der Waals surface area contributed by atoms with Gasteiger partial charge in [0, 0.05) is 45.1 Å². The Morgan fingerprint density at radius 1 is 1.10 bits per heavy atom. The van der Waals surface area contributed by atoms with Crippen molar-refractivity contribution in [3.63, 3.8) is 0 Å². The number of carbonyl (C=O) groups excluding carboxylic acids is 1. The van der Waals surface area contributed by atoms with Crippen LogP contribution in [-0.4, -0.2) is 42.9 Å². The summed E-state index contributed by atoms with van der Waals surface area (Å²) in [4.78, 5) is 16.4. The van der Waals surface area contributed by atoms with Crippen LogP contribution in [0.15, 0.2) is 24.3 Å². The van der Waals surface area contributed by atoms with Crippen LogP contribution in [0.25, 0.3) is 0 Å². The highest BCUT2D eigenvalue weighted by Crippen LogP contribution is 2.27. The van der Waals surface area contributed by atoms with Crippen LogP contribution in [0.4, 0.5) is 5.69 Å². The summed E-state index contributed by atoms with van der Waals surface area (Å²) in [6, 6.07) is 8.51. The quantitative estimate of drug-likeness (QED) is 0.837. The van der Waals surface area contributed by atoms with Crippen LogP contribution in [0, 0.1) is 0 Å². The second kappa shape index (κ2) is 6.15. The Labute approximate surface area is 125 Å². The Morgan fingerprint density at radius 2 is 1.85 bits per heavy atom. The van der Waals surface area contributed by atoms with Crippen LogP contribution in [0.2, 0.25) is 5.02 Å². The van der Waals surface area contributed by atoms with Gasteiger partial charge in [-0.2, -0.15) is 0 Å². The van der Waals surface area contributed by atoms with E-state index < -0.39 is 0 Å². The van der Waals surface area contributed by atoms with E-state index >= 15 is 0 Å². The number of hydrogen-bond donors (Lipinski definition) is 0. The van der Waals surface area contributed by atoms with Gasteiger partial charge in [0.15, 0.2) is 0 Å². The third-order valence-corrected chi connectivity index (χ3v) is 4.80. The van der Waals surface area contributed by atoms with Gasteiger partial charge in [0.25, 0.3) is 0 Å². The standard InChI is InChI=1S/C16H21ClN2O/c17-15-6-1-2-7-16(15)19-10-8-18(9-11-19)13-4-3-5-14(20)12-13/h1-2,6-7,13H,3-5,8-12H2. The van der Waals surface area contributed by atoms with Crippen molar-refractivity contribution in [1.82, 2.24) is 4.90 Å². The molecule has 1 aromatic carbocycles. The fourth-order valence-electron chi connectivity index (χ4n) is 3.35. The van der Waals surface area contributed by atoms with Crippen LogP contribution in [0.1, 0.15) is 25.7 Å². The molecule has 1 atom stereocenters. The molecule has 1 saturated carbocycles. The van der Waals surface area contributed by atoms with Gasteiger partial charge in [0.2, 0.25) is 0 Å². The molecular formula is C16H21ClN2O. The van der Waals surface area contributed by atoms with Crippen LogP contribution >= 0.6 is 11.6 Å². The fraction of sp³-hybridized carbons (Fsp3) is 0.562. The smallest absolute Gasteiger partial charge is 0.134 e. The lowest BCUT2D eigenvalue weighted by atomic mass is 9.92. The number of para-hydroxylation sites is 1. The monoisotopic (exact) mass is 292 g/mol. The van der Waals surface area contributed by atoms with Crippen LogP contribution < -0.4 is 4.90 Å². The van der Waals surface area contributed by atoms with E-state index in [0.29, 0.717) is 11.8 Å². The summed E-state index contributed by atoms with van der Waals surface area (Å²) >= 11 is 6.26. The average molecular weight is 293 g/mol. The molecule has 1 aromatic rings. The molecule has 3 nitrogen and oxygen atoms in total. The zero-order valence-corrected chi connectivity index (χ0v) is 12.5. The third-order valence-electron chi connectivity index (χ3n) is 4.48. The largest absolute Gasteiger partial charge is 0.368 e. The minimum atomic E-state index is 0.440. The molecule has 1 unspecified atom stereocenters. The molecule has 2 fully saturated rings. The maximum atomic E-state index is 11.6. The average Bonchev–Trinajstić information content (AvgIpc) is 2.48. The van der Waals surface area contributed by atoms with Crippen molar-refractivity contribution in [1.29, 1.82) is 0 Å². The molecule has 1 aliphatic heterocycles. The molecule has 3 rings (SSSR count). The lowest BCUT2D eigenvalue weighted by molar-refractivity contribution is -0.122. The number of benzene rings is 1. The SMILES string of the molecule is O=C1CCCC(N2CCN(c3ccccc3Cl)CC2)C1. The number of hydrogen-bond acceptors (Lipinski definition) is 3. The highest BCUT2D eigenvalue weighted by molar-refractivity contribution is 6.33. The van der Waals surface area contributed by atoms with Gasteiger partial charge in [-0.3, -0.25) is 9.69 Å². The maximum Gasteiger partial charge on any atom is 0.134 e. The van der Waals surface area contributed by atoms with Gasteiger partial charge in [-0.25, -0.2) is 0 Å². The molecule has 2 aliphatic rings. The van der Waals surface area contributed by atoms with E-state index in [4.69, 9.17) is 11.6 Å². The number of rotatable bonds is 2. The first kappa shape index (κ1) is 13.9. The van der Waals surface area contributed by atoms with Gasteiger partial charge in [0.1, 0.15) is 5.78 Å². The number of carbonyl (C=O) groups is 1. The number of Topliss-reactive ketones (excluding diaryl/α,β-unsaturated/α-hetero) is 1. The van der Waals surface area contributed by atoms with Crippen molar-refractivity contribution in [3.05, 3.63) is 29.3 Å². The summed E-state index contributed by atoms with van der Waals surface area (Å²) in [7, 11) is 0. The van der Waals surface area contributed by atoms with E-state index in [2.05, 4.69) is 15.9 Å². The number of ketones is 1.